The average molecular weight is 329 g/mol. The summed E-state index contributed by atoms with van der Waals surface area (Å²) in [6.07, 6.45) is 27.0. The Morgan fingerprint density at radius 2 is 0.875 bits per heavy atom. The second-order valence-electron chi connectivity index (χ2n) is 10.5. The van der Waals surface area contributed by atoms with Gasteiger partial charge in [-0.05, 0) is 92.3 Å². The molecule has 5 aliphatic carbocycles. The van der Waals surface area contributed by atoms with Gasteiger partial charge in [-0.1, -0.05) is 57.8 Å². The van der Waals surface area contributed by atoms with Gasteiger partial charge in [0.1, 0.15) is 0 Å². The minimum Gasteiger partial charge on any atom is -0.0533 e. The van der Waals surface area contributed by atoms with Crippen LogP contribution in [-0.4, -0.2) is 0 Å². The van der Waals surface area contributed by atoms with Gasteiger partial charge in [-0.2, -0.15) is 0 Å². The summed E-state index contributed by atoms with van der Waals surface area (Å²) < 4.78 is 0. The molecule has 5 saturated carbocycles. The molecule has 0 aliphatic heterocycles. The van der Waals surface area contributed by atoms with Crippen LogP contribution in [-0.2, 0) is 0 Å². The van der Waals surface area contributed by atoms with Crippen LogP contribution in [0, 0.1) is 40.9 Å². The molecular formula is C24H40. The van der Waals surface area contributed by atoms with Crippen LogP contribution < -0.4 is 0 Å². The molecular weight excluding hydrogens is 288 g/mol. The van der Waals surface area contributed by atoms with E-state index in [2.05, 4.69) is 0 Å². The minimum atomic E-state index is 0.811. The second-order valence-corrected chi connectivity index (χ2v) is 10.5. The first-order valence-electron chi connectivity index (χ1n) is 11.9. The number of hydrogen-bond donors (Lipinski definition) is 0. The lowest BCUT2D eigenvalue weighted by molar-refractivity contribution is -0.0319. The van der Waals surface area contributed by atoms with E-state index in [1.807, 2.05) is 0 Å². The van der Waals surface area contributed by atoms with E-state index in [1.54, 1.807) is 109 Å². The Morgan fingerprint density at radius 3 is 1.42 bits per heavy atom. The topological polar surface area (TPSA) is 0 Å². The van der Waals surface area contributed by atoms with Crippen molar-refractivity contribution in [3.05, 3.63) is 0 Å². The fraction of sp³-hybridized carbons (Fsp3) is 1.00. The van der Waals surface area contributed by atoms with Crippen molar-refractivity contribution >= 4 is 0 Å². The highest BCUT2D eigenvalue weighted by molar-refractivity contribution is 5.08. The molecule has 0 amide bonds. The molecule has 5 rings (SSSR count). The Hall–Kier alpha value is 0. The molecule has 0 aromatic carbocycles. The van der Waals surface area contributed by atoms with Gasteiger partial charge in [-0.25, -0.2) is 0 Å². The van der Waals surface area contributed by atoms with E-state index in [0.29, 0.717) is 0 Å². The monoisotopic (exact) mass is 328 g/mol. The minimum absolute atomic E-state index is 0.811. The molecule has 0 bridgehead atoms. The van der Waals surface area contributed by atoms with E-state index in [9.17, 15) is 0 Å². The van der Waals surface area contributed by atoms with Crippen LogP contribution in [0.15, 0.2) is 0 Å². The quantitative estimate of drug-likeness (QED) is 0.496. The van der Waals surface area contributed by atoms with Crippen molar-refractivity contribution in [2.24, 2.45) is 40.9 Å². The molecule has 5 fully saturated rings. The molecule has 0 nitrogen and oxygen atoms in total. The molecule has 0 radical (unpaired) electrons. The van der Waals surface area contributed by atoms with Crippen LogP contribution in [0.3, 0.4) is 0 Å². The summed E-state index contributed by atoms with van der Waals surface area (Å²) in [4.78, 5) is 0. The Bertz CT molecular complexity index is 403. The predicted molar refractivity (Wildman–Crippen MR) is 102 cm³/mol. The van der Waals surface area contributed by atoms with Gasteiger partial charge in [0, 0.05) is 0 Å². The molecule has 0 saturated heterocycles. The molecule has 4 atom stereocenters. The van der Waals surface area contributed by atoms with Gasteiger partial charge in [0.15, 0.2) is 0 Å². The van der Waals surface area contributed by atoms with Gasteiger partial charge in [0.2, 0.25) is 0 Å². The van der Waals surface area contributed by atoms with Crippen molar-refractivity contribution in [1.29, 1.82) is 0 Å². The molecule has 5 aliphatic rings. The zero-order chi connectivity index (χ0) is 16.0. The number of hydrogen-bond acceptors (Lipinski definition) is 0. The standard InChI is InChI=1S/C24H40/c1-8-16-24(17-9-1,18-10-2-3-11-18)23-21-14-6-4-12-19(21)20-13-5-7-15-22(20)23/h18-23H,1-17H2. The fourth-order valence-corrected chi connectivity index (χ4v) is 9.23. The summed E-state index contributed by atoms with van der Waals surface area (Å²) in [7, 11) is 0. The van der Waals surface area contributed by atoms with Crippen LogP contribution in [0.2, 0.25) is 0 Å². The average Bonchev–Trinajstić information content (AvgIpc) is 3.29. The van der Waals surface area contributed by atoms with E-state index in [0.717, 1.165) is 40.9 Å². The molecule has 0 aromatic heterocycles. The maximum absolute atomic E-state index is 1.63. The largest absolute Gasteiger partial charge is 0.0533 e. The third kappa shape index (κ3) is 2.44. The predicted octanol–water partition coefficient (Wildman–Crippen LogP) is 7.37. The Labute approximate surface area is 150 Å². The van der Waals surface area contributed by atoms with Crippen molar-refractivity contribution < 1.29 is 0 Å². The first-order chi connectivity index (χ1) is 11.9. The molecule has 4 unspecified atom stereocenters. The molecule has 136 valence electrons. The zero-order valence-electron chi connectivity index (χ0n) is 16.0. The summed E-state index contributed by atoms with van der Waals surface area (Å²) >= 11 is 0. The molecule has 0 heterocycles. The van der Waals surface area contributed by atoms with Crippen LogP contribution in [0.5, 0.6) is 0 Å². The SMILES string of the molecule is C1CCC(C2CCCC2)(C2C3CCCCC3C3CCCCC32)CC1. The van der Waals surface area contributed by atoms with Crippen molar-refractivity contribution in [3.63, 3.8) is 0 Å². The van der Waals surface area contributed by atoms with Crippen LogP contribution in [0.1, 0.15) is 109 Å². The van der Waals surface area contributed by atoms with Gasteiger partial charge < -0.3 is 0 Å². The highest BCUT2D eigenvalue weighted by atomic mass is 14.6. The molecule has 24 heavy (non-hydrogen) atoms. The van der Waals surface area contributed by atoms with Crippen LogP contribution >= 0.6 is 0 Å². The normalized spacial score (nSPS) is 45.8. The van der Waals surface area contributed by atoms with Crippen molar-refractivity contribution in [1.82, 2.24) is 0 Å². The zero-order valence-corrected chi connectivity index (χ0v) is 16.0. The molecule has 0 spiro atoms. The van der Waals surface area contributed by atoms with Gasteiger partial charge in [0.25, 0.3) is 0 Å². The highest BCUT2D eigenvalue weighted by Crippen LogP contribution is 2.67. The molecule has 0 N–H and O–H groups in total. The lowest BCUT2D eigenvalue weighted by Crippen LogP contribution is -2.44. The van der Waals surface area contributed by atoms with Crippen LogP contribution in [0.4, 0.5) is 0 Å². The van der Waals surface area contributed by atoms with E-state index >= 15 is 0 Å². The van der Waals surface area contributed by atoms with E-state index < -0.39 is 0 Å². The Kier molecular flexibility index (Phi) is 4.47. The molecule has 0 aromatic rings. The van der Waals surface area contributed by atoms with Gasteiger partial charge in [-0.3, -0.25) is 0 Å². The highest BCUT2D eigenvalue weighted by Gasteiger charge is 2.59. The van der Waals surface area contributed by atoms with E-state index in [-0.39, 0.29) is 0 Å². The number of rotatable bonds is 2. The van der Waals surface area contributed by atoms with E-state index in [4.69, 9.17) is 0 Å². The Balaban J connectivity index is 1.52. The first kappa shape index (κ1) is 16.2. The first-order valence-corrected chi connectivity index (χ1v) is 11.9. The maximum atomic E-state index is 1.63. The third-order valence-corrected chi connectivity index (χ3v) is 9.84. The van der Waals surface area contributed by atoms with Crippen molar-refractivity contribution in [3.8, 4) is 0 Å². The lowest BCUT2D eigenvalue weighted by atomic mass is 9.52. The van der Waals surface area contributed by atoms with Crippen molar-refractivity contribution in [2.45, 2.75) is 109 Å². The summed E-state index contributed by atoms with van der Waals surface area (Å²) in [5.41, 5.74) is 0.811. The fourth-order valence-electron chi connectivity index (χ4n) is 9.23. The summed E-state index contributed by atoms with van der Waals surface area (Å²) in [6, 6.07) is 0. The van der Waals surface area contributed by atoms with Gasteiger partial charge in [0.05, 0.1) is 0 Å². The van der Waals surface area contributed by atoms with Gasteiger partial charge in [-0.15, -0.1) is 0 Å². The van der Waals surface area contributed by atoms with E-state index in [1.165, 1.54) is 0 Å². The van der Waals surface area contributed by atoms with Gasteiger partial charge >= 0.3 is 0 Å². The lowest BCUT2D eigenvalue weighted by Gasteiger charge is -2.52. The Morgan fingerprint density at radius 1 is 0.417 bits per heavy atom. The second kappa shape index (κ2) is 6.62. The summed E-state index contributed by atoms with van der Waals surface area (Å²) in [5, 5.41) is 0. The number of fused-ring (bicyclic) bond motifs is 3. The smallest absolute Gasteiger partial charge is 0.0235 e. The van der Waals surface area contributed by atoms with Crippen LogP contribution in [0.25, 0.3) is 0 Å². The van der Waals surface area contributed by atoms with Crippen molar-refractivity contribution in [2.75, 3.05) is 0 Å². The summed E-state index contributed by atoms with van der Waals surface area (Å²) in [5.74, 6) is 6.93. The third-order valence-electron chi connectivity index (χ3n) is 9.84. The summed E-state index contributed by atoms with van der Waals surface area (Å²) in [6.45, 7) is 0. The molecule has 0 heteroatoms. The maximum Gasteiger partial charge on any atom is -0.0235 e.